The number of carbonyl (C=O) groups is 1. The summed E-state index contributed by atoms with van der Waals surface area (Å²) in [4.78, 5) is 14.8. The molecule has 48 heavy (non-hydrogen) atoms. The van der Waals surface area contributed by atoms with Gasteiger partial charge < -0.3 is 9.64 Å². The van der Waals surface area contributed by atoms with E-state index in [1.54, 1.807) is 0 Å². The summed E-state index contributed by atoms with van der Waals surface area (Å²) >= 11 is 0. The van der Waals surface area contributed by atoms with E-state index in [9.17, 15) is 4.79 Å². The molecule has 0 spiro atoms. The smallest absolute Gasteiger partial charge is 0.305 e. The van der Waals surface area contributed by atoms with Crippen LogP contribution >= 0.6 is 0 Å². The van der Waals surface area contributed by atoms with E-state index in [1.807, 2.05) is 0 Å². The van der Waals surface area contributed by atoms with E-state index >= 15 is 0 Å². The second-order valence-electron chi connectivity index (χ2n) is 15.6. The van der Waals surface area contributed by atoms with Crippen LogP contribution in [0.4, 0.5) is 0 Å². The fourth-order valence-corrected chi connectivity index (χ4v) is 7.33. The van der Waals surface area contributed by atoms with Crippen LogP contribution in [0, 0.1) is 5.92 Å². The summed E-state index contributed by atoms with van der Waals surface area (Å²) in [7, 11) is 0. The molecule has 0 aliphatic rings. The summed E-state index contributed by atoms with van der Waals surface area (Å²) in [5.41, 5.74) is 0. The van der Waals surface area contributed by atoms with Crippen molar-refractivity contribution in [3.63, 3.8) is 0 Å². The molecule has 0 amide bonds. The van der Waals surface area contributed by atoms with Crippen molar-refractivity contribution in [2.75, 3.05) is 26.2 Å². The SMILES string of the molecule is CCCCCCCCCOC(=O)CCCCCCCN(CCCC)CCCCCCCC(CCCCCCCC)CCCCCCCC. The number of carbonyl (C=O) groups excluding carboxylic acids is 1. The molecule has 0 aromatic carbocycles. The highest BCUT2D eigenvalue weighted by Gasteiger charge is 2.10. The van der Waals surface area contributed by atoms with Crippen LogP contribution < -0.4 is 0 Å². The van der Waals surface area contributed by atoms with Crippen molar-refractivity contribution in [1.82, 2.24) is 4.90 Å². The van der Waals surface area contributed by atoms with E-state index < -0.39 is 0 Å². The summed E-state index contributed by atoms with van der Waals surface area (Å²) in [6, 6.07) is 0. The molecule has 0 radical (unpaired) electrons. The molecule has 0 rings (SSSR count). The zero-order valence-electron chi connectivity index (χ0n) is 33.9. The van der Waals surface area contributed by atoms with Crippen molar-refractivity contribution in [1.29, 1.82) is 0 Å². The van der Waals surface area contributed by atoms with E-state index in [4.69, 9.17) is 4.74 Å². The minimum atomic E-state index is 0.0212. The Labute approximate surface area is 304 Å². The van der Waals surface area contributed by atoms with Crippen molar-refractivity contribution in [3.8, 4) is 0 Å². The van der Waals surface area contributed by atoms with Crippen molar-refractivity contribution in [2.24, 2.45) is 5.92 Å². The third kappa shape index (κ3) is 36.7. The maximum absolute atomic E-state index is 12.0. The molecule has 3 heteroatoms. The molecule has 0 heterocycles. The Morgan fingerprint density at radius 2 is 0.729 bits per heavy atom. The Kier molecular flexibility index (Phi) is 40.4. The van der Waals surface area contributed by atoms with Crippen LogP contribution in [0.2, 0.25) is 0 Å². The minimum Gasteiger partial charge on any atom is -0.466 e. The third-order valence-electron chi connectivity index (χ3n) is 10.7. The average Bonchev–Trinajstić information content (AvgIpc) is 3.09. The number of hydrogen-bond acceptors (Lipinski definition) is 3. The predicted molar refractivity (Wildman–Crippen MR) is 215 cm³/mol. The number of nitrogens with zero attached hydrogens (tertiary/aromatic N) is 1. The van der Waals surface area contributed by atoms with Crippen molar-refractivity contribution >= 4 is 5.97 Å². The van der Waals surface area contributed by atoms with Gasteiger partial charge in [-0.2, -0.15) is 0 Å². The highest BCUT2D eigenvalue weighted by Crippen LogP contribution is 2.25. The Bertz CT molecular complexity index is 592. The molecule has 0 aliphatic heterocycles. The topological polar surface area (TPSA) is 29.5 Å². The first kappa shape index (κ1) is 47.4. The van der Waals surface area contributed by atoms with Crippen LogP contribution in [0.5, 0.6) is 0 Å². The molecule has 0 aromatic rings. The summed E-state index contributed by atoms with van der Waals surface area (Å²) < 4.78 is 5.45. The molecule has 0 bridgehead atoms. The Balaban J connectivity index is 3.97. The summed E-state index contributed by atoms with van der Waals surface area (Å²) in [5, 5.41) is 0. The van der Waals surface area contributed by atoms with Crippen LogP contribution in [0.25, 0.3) is 0 Å². The molecule has 3 nitrogen and oxygen atoms in total. The molecular formula is C45H91NO2. The van der Waals surface area contributed by atoms with Gasteiger partial charge in [-0.25, -0.2) is 0 Å². The lowest BCUT2D eigenvalue weighted by molar-refractivity contribution is -0.143. The maximum atomic E-state index is 12.0. The first-order valence-electron chi connectivity index (χ1n) is 22.6. The Hall–Kier alpha value is -0.570. The number of unbranched alkanes of at least 4 members (excludes halogenated alkanes) is 25. The summed E-state index contributed by atoms with van der Waals surface area (Å²) in [6.45, 7) is 13.7. The predicted octanol–water partition coefficient (Wildman–Crippen LogP) is 15.2. The van der Waals surface area contributed by atoms with E-state index in [1.165, 1.54) is 225 Å². The second-order valence-corrected chi connectivity index (χ2v) is 15.6. The van der Waals surface area contributed by atoms with Gasteiger partial charge in [0.15, 0.2) is 0 Å². The largest absolute Gasteiger partial charge is 0.466 e. The third-order valence-corrected chi connectivity index (χ3v) is 10.7. The lowest BCUT2D eigenvalue weighted by Gasteiger charge is -2.22. The fourth-order valence-electron chi connectivity index (χ4n) is 7.33. The van der Waals surface area contributed by atoms with Gasteiger partial charge in [-0.05, 0) is 57.7 Å². The minimum absolute atomic E-state index is 0.0212. The van der Waals surface area contributed by atoms with Gasteiger partial charge in [-0.1, -0.05) is 214 Å². The normalized spacial score (nSPS) is 11.7. The molecule has 288 valence electrons. The quantitative estimate of drug-likeness (QED) is 0.0476. The molecule has 0 saturated heterocycles. The highest BCUT2D eigenvalue weighted by molar-refractivity contribution is 5.69. The molecule has 0 unspecified atom stereocenters. The van der Waals surface area contributed by atoms with E-state index in [-0.39, 0.29) is 5.97 Å². The molecular weight excluding hydrogens is 587 g/mol. The van der Waals surface area contributed by atoms with Gasteiger partial charge in [-0.3, -0.25) is 4.79 Å². The van der Waals surface area contributed by atoms with Crippen LogP contribution in [0.3, 0.4) is 0 Å². The van der Waals surface area contributed by atoms with Gasteiger partial charge in [0.1, 0.15) is 0 Å². The van der Waals surface area contributed by atoms with Gasteiger partial charge in [0, 0.05) is 6.42 Å². The molecule has 0 fully saturated rings. The van der Waals surface area contributed by atoms with Gasteiger partial charge in [0.25, 0.3) is 0 Å². The van der Waals surface area contributed by atoms with Crippen LogP contribution in [-0.4, -0.2) is 37.1 Å². The zero-order valence-corrected chi connectivity index (χ0v) is 33.9. The number of rotatable bonds is 41. The Morgan fingerprint density at radius 3 is 1.17 bits per heavy atom. The van der Waals surface area contributed by atoms with Gasteiger partial charge in [0.05, 0.1) is 6.61 Å². The van der Waals surface area contributed by atoms with Crippen molar-refractivity contribution in [2.45, 2.75) is 252 Å². The van der Waals surface area contributed by atoms with Crippen LogP contribution in [0.1, 0.15) is 252 Å². The van der Waals surface area contributed by atoms with E-state index in [0.717, 1.165) is 18.8 Å². The fraction of sp³-hybridized carbons (Fsp3) is 0.978. The second kappa shape index (κ2) is 40.9. The molecule has 0 aliphatic carbocycles. The first-order valence-corrected chi connectivity index (χ1v) is 22.6. The molecule has 0 atom stereocenters. The summed E-state index contributed by atoms with van der Waals surface area (Å²) in [5.74, 6) is 1.02. The van der Waals surface area contributed by atoms with Crippen molar-refractivity contribution < 1.29 is 9.53 Å². The average molecular weight is 678 g/mol. The lowest BCUT2D eigenvalue weighted by Crippen LogP contribution is -2.27. The zero-order chi connectivity index (χ0) is 35.0. The lowest BCUT2D eigenvalue weighted by atomic mass is 9.89. The van der Waals surface area contributed by atoms with Crippen LogP contribution in [0.15, 0.2) is 0 Å². The monoisotopic (exact) mass is 678 g/mol. The Morgan fingerprint density at radius 1 is 0.396 bits per heavy atom. The summed E-state index contributed by atoms with van der Waals surface area (Å²) in [6.07, 6.45) is 47.1. The molecule has 0 N–H and O–H groups in total. The van der Waals surface area contributed by atoms with Crippen molar-refractivity contribution in [3.05, 3.63) is 0 Å². The molecule has 0 saturated carbocycles. The first-order chi connectivity index (χ1) is 23.7. The standard InChI is InChI=1S/C45H91NO2/c1-5-9-13-16-19-28-35-43-48-45(47)39-32-25-21-27-34-42-46(40-12-8-4)41-33-26-20-24-31-38-44(36-29-22-17-14-10-6-2)37-30-23-18-15-11-7-3/h44H,5-43H2,1-4H3. The van der Waals surface area contributed by atoms with Gasteiger partial charge in [0.2, 0.25) is 0 Å². The van der Waals surface area contributed by atoms with Crippen LogP contribution in [-0.2, 0) is 9.53 Å². The van der Waals surface area contributed by atoms with Gasteiger partial charge >= 0.3 is 5.97 Å². The maximum Gasteiger partial charge on any atom is 0.305 e. The van der Waals surface area contributed by atoms with Gasteiger partial charge in [-0.15, -0.1) is 0 Å². The number of ether oxygens (including phenoxy) is 1. The van der Waals surface area contributed by atoms with E-state index in [2.05, 4.69) is 32.6 Å². The number of hydrogen-bond donors (Lipinski definition) is 0. The van der Waals surface area contributed by atoms with E-state index in [0.29, 0.717) is 13.0 Å². The highest BCUT2D eigenvalue weighted by atomic mass is 16.5. The molecule has 0 aromatic heterocycles. The number of esters is 1.